The smallest absolute Gasteiger partial charge is 0.180 e. The van der Waals surface area contributed by atoms with Crippen molar-refractivity contribution in [1.82, 2.24) is 0 Å². The number of para-hydroxylation sites is 1. The highest BCUT2D eigenvalue weighted by Crippen LogP contribution is 2.37. The zero-order chi connectivity index (χ0) is 19.1. The second kappa shape index (κ2) is 9.33. The average Bonchev–Trinajstić information content (AvgIpc) is 2.72. The van der Waals surface area contributed by atoms with E-state index in [-0.39, 0.29) is 0 Å². The van der Waals surface area contributed by atoms with Crippen LogP contribution in [0.1, 0.15) is 23.6 Å². The molecule has 1 N–H and O–H groups in total. The van der Waals surface area contributed by atoms with Crippen LogP contribution in [-0.2, 0) is 19.6 Å². The van der Waals surface area contributed by atoms with Gasteiger partial charge in [0.15, 0.2) is 11.5 Å². The van der Waals surface area contributed by atoms with E-state index in [9.17, 15) is 0 Å². The molecule has 0 radical (unpaired) electrons. The molecule has 0 aromatic heterocycles. The molecule has 0 bridgehead atoms. The van der Waals surface area contributed by atoms with Gasteiger partial charge in [0.2, 0.25) is 0 Å². The van der Waals surface area contributed by atoms with Gasteiger partial charge in [-0.15, -0.1) is 0 Å². The first-order chi connectivity index (χ1) is 13.2. The first-order valence-corrected chi connectivity index (χ1v) is 9.44. The molecule has 0 aliphatic carbocycles. The third-order valence-electron chi connectivity index (χ3n) is 4.40. The maximum Gasteiger partial charge on any atom is 0.180 e. The van der Waals surface area contributed by atoms with Gasteiger partial charge in [-0.2, -0.15) is 0 Å². The second-order valence-electron chi connectivity index (χ2n) is 6.25. The van der Waals surface area contributed by atoms with Crippen LogP contribution in [0.25, 0.3) is 0 Å². The number of ether oxygens (including phenoxy) is 2. The minimum Gasteiger partial charge on any atom is -0.493 e. The number of benzene rings is 3. The third kappa shape index (κ3) is 4.95. The Morgan fingerprint density at radius 2 is 1.67 bits per heavy atom. The zero-order valence-corrected chi connectivity index (χ0v) is 16.4. The lowest BCUT2D eigenvalue weighted by Gasteiger charge is -2.16. The molecular formula is C23H24ClNO2. The summed E-state index contributed by atoms with van der Waals surface area (Å²) in [6.45, 7) is 3.25. The monoisotopic (exact) mass is 381 g/mol. The Morgan fingerprint density at radius 3 is 2.41 bits per heavy atom. The Hall–Kier alpha value is -2.65. The summed E-state index contributed by atoms with van der Waals surface area (Å²) in [5.41, 5.74) is 4.55. The molecule has 0 fully saturated rings. The van der Waals surface area contributed by atoms with Gasteiger partial charge < -0.3 is 14.8 Å². The maximum atomic E-state index is 6.49. The van der Waals surface area contributed by atoms with Gasteiger partial charge in [0.25, 0.3) is 0 Å². The fraction of sp³-hybridized carbons (Fsp3) is 0.217. The molecule has 3 rings (SSSR count). The average molecular weight is 382 g/mol. The Bertz CT molecular complexity index is 881. The van der Waals surface area contributed by atoms with Gasteiger partial charge in [0.05, 0.1) is 12.1 Å². The van der Waals surface area contributed by atoms with Crippen LogP contribution in [0.3, 0.4) is 0 Å². The van der Waals surface area contributed by atoms with Crippen molar-refractivity contribution in [3.8, 4) is 11.5 Å². The lowest BCUT2D eigenvalue weighted by Crippen LogP contribution is -2.04. The number of rotatable bonds is 8. The molecule has 3 nitrogen and oxygen atoms in total. The van der Waals surface area contributed by atoms with Gasteiger partial charge in [-0.3, -0.25) is 0 Å². The van der Waals surface area contributed by atoms with Crippen molar-refractivity contribution in [2.24, 2.45) is 0 Å². The number of hydrogen-bond acceptors (Lipinski definition) is 3. The zero-order valence-electron chi connectivity index (χ0n) is 15.7. The van der Waals surface area contributed by atoms with Gasteiger partial charge in [0, 0.05) is 12.2 Å². The second-order valence-corrected chi connectivity index (χ2v) is 6.65. The first-order valence-electron chi connectivity index (χ1n) is 9.06. The third-order valence-corrected chi connectivity index (χ3v) is 4.68. The molecule has 3 aromatic carbocycles. The van der Waals surface area contributed by atoms with E-state index in [2.05, 4.69) is 30.4 Å². The van der Waals surface area contributed by atoms with Crippen LogP contribution >= 0.6 is 11.6 Å². The van der Waals surface area contributed by atoms with Crippen LogP contribution in [0, 0.1) is 0 Å². The summed E-state index contributed by atoms with van der Waals surface area (Å²) in [5, 5.41) is 4.03. The lowest BCUT2D eigenvalue weighted by atomic mass is 10.1. The van der Waals surface area contributed by atoms with E-state index in [1.807, 2.05) is 48.5 Å². The number of nitrogens with one attached hydrogen (secondary N) is 1. The lowest BCUT2D eigenvalue weighted by molar-refractivity contribution is 0.284. The van der Waals surface area contributed by atoms with Gasteiger partial charge >= 0.3 is 0 Å². The van der Waals surface area contributed by atoms with Crippen molar-refractivity contribution in [3.05, 3.63) is 88.4 Å². The number of halogens is 1. The van der Waals surface area contributed by atoms with E-state index in [0.29, 0.717) is 29.7 Å². The summed E-state index contributed by atoms with van der Waals surface area (Å²) in [6, 6.07) is 22.2. The predicted molar refractivity (Wildman–Crippen MR) is 112 cm³/mol. The highest BCUT2D eigenvalue weighted by molar-refractivity contribution is 6.32. The molecule has 0 spiro atoms. The number of methoxy groups -OCH3 is 1. The minimum absolute atomic E-state index is 0.443. The molecule has 0 heterocycles. The van der Waals surface area contributed by atoms with Gasteiger partial charge in [0.1, 0.15) is 6.61 Å². The van der Waals surface area contributed by atoms with E-state index < -0.39 is 0 Å². The van der Waals surface area contributed by atoms with Crippen LogP contribution in [0.15, 0.2) is 66.7 Å². The largest absolute Gasteiger partial charge is 0.493 e. The van der Waals surface area contributed by atoms with E-state index in [1.165, 1.54) is 5.56 Å². The molecule has 140 valence electrons. The van der Waals surface area contributed by atoms with E-state index in [0.717, 1.165) is 23.2 Å². The number of anilines is 1. The summed E-state index contributed by atoms with van der Waals surface area (Å²) in [6.07, 6.45) is 0.986. The molecule has 0 saturated carbocycles. The molecule has 0 unspecified atom stereocenters. The van der Waals surface area contributed by atoms with Crippen LogP contribution in [0.4, 0.5) is 5.69 Å². The highest BCUT2D eigenvalue weighted by atomic mass is 35.5. The quantitative estimate of drug-likeness (QED) is 0.511. The predicted octanol–water partition coefficient (Wildman–Crippen LogP) is 6.10. The van der Waals surface area contributed by atoms with Crippen LogP contribution in [-0.4, -0.2) is 7.11 Å². The first kappa shape index (κ1) is 19.1. The van der Waals surface area contributed by atoms with Crippen LogP contribution < -0.4 is 14.8 Å². The van der Waals surface area contributed by atoms with Crippen molar-refractivity contribution in [2.45, 2.75) is 26.5 Å². The highest BCUT2D eigenvalue weighted by Gasteiger charge is 2.13. The van der Waals surface area contributed by atoms with Crippen molar-refractivity contribution in [1.29, 1.82) is 0 Å². The molecule has 0 aliphatic rings. The molecule has 3 aromatic rings. The molecule has 4 heteroatoms. The molecule has 0 amide bonds. The Morgan fingerprint density at radius 1 is 0.926 bits per heavy atom. The molecule has 27 heavy (non-hydrogen) atoms. The summed E-state index contributed by atoms with van der Waals surface area (Å²) in [7, 11) is 1.63. The number of hydrogen-bond donors (Lipinski definition) is 1. The van der Waals surface area contributed by atoms with Crippen molar-refractivity contribution in [3.63, 3.8) is 0 Å². The Labute approximate surface area is 165 Å². The van der Waals surface area contributed by atoms with Crippen molar-refractivity contribution in [2.75, 3.05) is 12.4 Å². The Kier molecular flexibility index (Phi) is 6.61. The van der Waals surface area contributed by atoms with Crippen LogP contribution in [0.2, 0.25) is 5.02 Å². The molecule has 0 saturated heterocycles. The molecule has 0 aliphatic heterocycles. The fourth-order valence-electron chi connectivity index (χ4n) is 2.94. The summed E-state index contributed by atoms with van der Waals surface area (Å²) >= 11 is 6.49. The topological polar surface area (TPSA) is 30.5 Å². The van der Waals surface area contributed by atoms with Crippen molar-refractivity contribution >= 4 is 17.3 Å². The normalized spacial score (nSPS) is 10.5. The van der Waals surface area contributed by atoms with Gasteiger partial charge in [-0.1, -0.05) is 67.1 Å². The van der Waals surface area contributed by atoms with E-state index in [4.69, 9.17) is 21.1 Å². The summed E-state index contributed by atoms with van der Waals surface area (Å²) < 4.78 is 11.4. The summed E-state index contributed by atoms with van der Waals surface area (Å²) in [5.74, 6) is 1.21. The van der Waals surface area contributed by atoms with E-state index in [1.54, 1.807) is 7.11 Å². The van der Waals surface area contributed by atoms with Crippen molar-refractivity contribution < 1.29 is 9.47 Å². The fourth-order valence-corrected chi connectivity index (χ4v) is 3.23. The van der Waals surface area contributed by atoms with E-state index >= 15 is 0 Å². The van der Waals surface area contributed by atoms with Gasteiger partial charge in [-0.05, 0) is 41.3 Å². The maximum absolute atomic E-state index is 6.49. The van der Waals surface area contributed by atoms with Gasteiger partial charge in [-0.25, -0.2) is 0 Å². The Balaban J connectivity index is 1.73. The molecule has 0 atom stereocenters. The number of aryl methyl sites for hydroxylation is 1. The standard InChI is InChI=1S/C23H24ClNO2/c1-3-19-11-7-8-12-21(19)25-15-18-13-20(24)23(22(14-18)26-2)27-16-17-9-5-4-6-10-17/h4-14,25H,3,15-16H2,1-2H3. The SMILES string of the molecule is CCc1ccccc1NCc1cc(Cl)c(OCc2ccccc2)c(OC)c1. The van der Waals surface area contributed by atoms with Crippen LogP contribution in [0.5, 0.6) is 11.5 Å². The molecular weight excluding hydrogens is 358 g/mol. The minimum atomic E-state index is 0.443. The summed E-state index contributed by atoms with van der Waals surface area (Å²) in [4.78, 5) is 0.